The van der Waals surface area contributed by atoms with Crippen LogP contribution < -0.4 is 4.90 Å². The van der Waals surface area contributed by atoms with E-state index < -0.39 is 0 Å². The number of carbonyl (C=O) groups is 1. The summed E-state index contributed by atoms with van der Waals surface area (Å²) in [5.74, 6) is -0.343. The Kier molecular flexibility index (Phi) is 3.48. The Balaban J connectivity index is 1.80. The molecule has 20 heavy (non-hydrogen) atoms. The monoisotopic (exact) mass is 278 g/mol. The fourth-order valence-corrected chi connectivity index (χ4v) is 2.90. The number of rotatable bonds is 1. The number of amides is 1. The van der Waals surface area contributed by atoms with Gasteiger partial charge in [-0.15, -0.1) is 0 Å². The average molecular weight is 278 g/mol. The van der Waals surface area contributed by atoms with Crippen LogP contribution in [0.25, 0.3) is 0 Å². The predicted octanol–water partition coefficient (Wildman–Crippen LogP) is 1.65. The molecule has 5 heteroatoms. The molecule has 2 fully saturated rings. The van der Waals surface area contributed by atoms with Gasteiger partial charge in [-0.2, -0.15) is 0 Å². The van der Waals surface area contributed by atoms with Crippen molar-refractivity contribution < 1.29 is 13.9 Å². The van der Waals surface area contributed by atoms with E-state index in [-0.39, 0.29) is 23.9 Å². The first-order valence-corrected chi connectivity index (χ1v) is 6.96. The molecule has 1 amide bonds. The highest BCUT2D eigenvalue weighted by Gasteiger charge is 2.42. The molecule has 2 aliphatic heterocycles. The van der Waals surface area contributed by atoms with Crippen molar-refractivity contribution in [3.63, 3.8) is 0 Å². The summed E-state index contributed by atoms with van der Waals surface area (Å²) in [5, 5.41) is 0. The first-order chi connectivity index (χ1) is 9.58. The second kappa shape index (κ2) is 5.14. The number of anilines is 1. The number of halogens is 1. The van der Waals surface area contributed by atoms with E-state index >= 15 is 0 Å². The Morgan fingerprint density at radius 3 is 2.50 bits per heavy atom. The summed E-state index contributed by atoms with van der Waals surface area (Å²) in [6.45, 7) is 2.63. The van der Waals surface area contributed by atoms with Crippen molar-refractivity contribution in [2.75, 3.05) is 38.2 Å². The van der Waals surface area contributed by atoms with Gasteiger partial charge < -0.3 is 14.5 Å². The zero-order valence-electron chi connectivity index (χ0n) is 11.6. The maximum Gasteiger partial charge on any atom is 0.253 e. The van der Waals surface area contributed by atoms with Gasteiger partial charge in [-0.1, -0.05) is 0 Å². The van der Waals surface area contributed by atoms with Gasteiger partial charge >= 0.3 is 0 Å². The molecule has 0 aromatic heterocycles. The summed E-state index contributed by atoms with van der Waals surface area (Å²) in [5.41, 5.74) is 0.507. The van der Waals surface area contributed by atoms with E-state index in [0.29, 0.717) is 6.54 Å². The van der Waals surface area contributed by atoms with Crippen LogP contribution in [-0.4, -0.2) is 49.7 Å². The Morgan fingerprint density at radius 2 is 1.85 bits per heavy atom. The van der Waals surface area contributed by atoms with Crippen molar-refractivity contribution >= 4 is 11.6 Å². The smallest absolute Gasteiger partial charge is 0.253 e. The minimum Gasteiger partial charge on any atom is -0.363 e. The van der Waals surface area contributed by atoms with E-state index in [1.807, 2.05) is 0 Å². The van der Waals surface area contributed by atoms with Crippen molar-refractivity contribution in [3.05, 3.63) is 30.1 Å². The maximum absolute atomic E-state index is 13.0. The summed E-state index contributed by atoms with van der Waals surface area (Å²) in [6, 6.07) is 6.08. The molecule has 1 spiro atoms. The predicted molar refractivity (Wildman–Crippen MR) is 74.2 cm³/mol. The van der Waals surface area contributed by atoms with Gasteiger partial charge in [0.15, 0.2) is 0 Å². The number of hydrogen-bond donors (Lipinski definition) is 0. The Morgan fingerprint density at radius 1 is 1.20 bits per heavy atom. The molecule has 2 heterocycles. The average Bonchev–Trinajstić information content (AvgIpc) is 2.46. The van der Waals surface area contributed by atoms with Crippen LogP contribution in [0.5, 0.6) is 0 Å². The largest absolute Gasteiger partial charge is 0.363 e. The lowest BCUT2D eigenvalue weighted by Crippen LogP contribution is -2.58. The van der Waals surface area contributed by atoms with Gasteiger partial charge in [0, 0.05) is 18.8 Å². The standard InChI is InChI=1S/C15H19FN2O2/c1-17-8-6-15(7-9-17)11-18(14(19)10-20-15)13-4-2-12(16)3-5-13/h2-5H,6-11H2,1H3. The minimum atomic E-state index is -0.288. The number of ether oxygens (including phenoxy) is 1. The molecule has 0 saturated carbocycles. The summed E-state index contributed by atoms with van der Waals surface area (Å²) in [4.78, 5) is 16.1. The van der Waals surface area contributed by atoms with Gasteiger partial charge in [0.05, 0.1) is 12.1 Å². The molecule has 0 aliphatic carbocycles. The number of carbonyl (C=O) groups excluding carboxylic acids is 1. The van der Waals surface area contributed by atoms with E-state index in [0.717, 1.165) is 31.6 Å². The first-order valence-electron chi connectivity index (χ1n) is 6.96. The van der Waals surface area contributed by atoms with E-state index in [2.05, 4.69) is 11.9 Å². The quantitative estimate of drug-likeness (QED) is 0.783. The highest BCUT2D eigenvalue weighted by atomic mass is 19.1. The van der Waals surface area contributed by atoms with E-state index in [4.69, 9.17) is 4.74 Å². The lowest BCUT2D eigenvalue weighted by Gasteiger charge is -2.46. The number of piperidine rings is 1. The molecular formula is C15H19FN2O2. The maximum atomic E-state index is 13.0. The summed E-state index contributed by atoms with van der Waals surface area (Å²) in [7, 11) is 2.10. The Labute approximate surface area is 118 Å². The van der Waals surface area contributed by atoms with Gasteiger partial charge in [0.1, 0.15) is 12.4 Å². The summed E-state index contributed by atoms with van der Waals surface area (Å²) >= 11 is 0. The lowest BCUT2D eigenvalue weighted by atomic mass is 9.89. The Hall–Kier alpha value is -1.46. The normalized spacial score (nSPS) is 23.3. The lowest BCUT2D eigenvalue weighted by molar-refractivity contribution is -0.144. The molecule has 0 bridgehead atoms. The number of nitrogens with zero attached hydrogens (tertiary/aromatic N) is 2. The van der Waals surface area contributed by atoms with Crippen LogP contribution in [0.15, 0.2) is 24.3 Å². The molecule has 2 saturated heterocycles. The van der Waals surface area contributed by atoms with Crippen LogP contribution in [0, 0.1) is 5.82 Å². The topological polar surface area (TPSA) is 32.8 Å². The molecule has 0 radical (unpaired) electrons. The second-order valence-electron chi connectivity index (χ2n) is 5.73. The van der Waals surface area contributed by atoms with Crippen molar-refractivity contribution in [2.45, 2.75) is 18.4 Å². The van der Waals surface area contributed by atoms with E-state index in [1.54, 1.807) is 17.0 Å². The number of benzene rings is 1. The molecule has 1 aromatic carbocycles. The van der Waals surface area contributed by atoms with Crippen LogP contribution in [0.3, 0.4) is 0 Å². The van der Waals surface area contributed by atoms with Crippen molar-refractivity contribution in [1.82, 2.24) is 4.90 Å². The van der Waals surface area contributed by atoms with Gasteiger partial charge in [0.25, 0.3) is 5.91 Å². The molecule has 4 nitrogen and oxygen atoms in total. The van der Waals surface area contributed by atoms with Crippen LogP contribution in [0.1, 0.15) is 12.8 Å². The Bertz CT molecular complexity index is 495. The van der Waals surface area contributed by atoms with Crippen LogP contribution in [0.2, 0.25) is 0 Å². The molecule has 2 aliphatic rings. The van der Waals surface area contributed by atoms with Gasteiger partial charge in [0.2, 0.25) is 0 Å². The van der Waals surface area contributed by atoms with Gasteiger partial charge in [-0.25, -0.2) is 4.39 Å². The molecule has 108 valence electrons. The van der Waals surface area contributed by atoms with Crippen LogP contribution in [-0.2, 0) is 9.53 Å². The summed E-state index contributed by atoms with van der Waals surface area (Å²) < 4.78 is 18.9. The van der Waals surface area contributed by atoms with Crippen molar-refractivity contribution in [3.8, 4) is 0 Å². The van der Waals surface area contributed by atoms with Gasteiger partial charge in [-0.05, 0) is 44.2 Å². The van der Waals surface area contributed by atoms with Crippen molar-refractivity contribution in [1.29, 1.82) is 0 Å². The second-order valence-corrected chi connectivity index (χ2v) is 5.73. The van der Waals surface area contributed by atoms with Crippen molar-refractivity contribution in [2.24, 2.45) is 0 Å². The SMILES string of the molecule is CN1CCC2(CC1)CN(c1ccc(F)cc1)C(=O)CO2. The first kappa shape index (κ1) is 13.5. The third-order valence-electron chi connectivity index (χ3n) is 4.29. The molecule has 1 aromatic rings. The zero-order chi connectivity index (χ0) is 14.2. The zero-order valence-corrected chi connectivity index (χ0v) is 11.6. The highest BCUT2D eigenvalue weighted by molar-refractivity contribution is 5.95. The molecule has 3 rings (SSSR count). The molecule has 0 unspecified atom stereocenters. The molecular weight excluding hydrogens is 259 g/mol. The van der Waals surface area contributed by atoms with Gasteiger partial charge in [-0.3, -0.25) is 4.79 Å². The van der Waals surface area contributed by atoms with E-state index in [1.165, 1.54) is 12.1 Å². The number of hydrogen-bond acceptors (Lipinski definition) is 3. The third-order valence-corrected chi connectivity index (χ3v) is 4.29. The number of likely N-dealkylation sites (tertiary alicyclic amines) is 1. The fourth-order valence-electron chi connectivity index (χ4n) is 2.90. The van der Waals surface area contributed by atoms with E-state index in [9.17, 15) is 9.18 Å². The molecule has 0 atom stereocenters. The summed E-state index contributed by atoms with van der Waals surface area (Å²) in [6.07, 6.45) is 1.85. The highest BCUT2D eigenvalue weighted by Crippen LogP contribution is 2.32. The fraction of sp³-hybridized carbons (Fsp3) is 0.533. The minimum absolute atomic E-state index is 0.0545. The number of morpholine rings is 1. The third kappa shape index (κ3) is 2.55. The van der Waals surface area contributed by atoms with Crippen LogP contribution >= 0.6 is 0 Å². The molecule has 0 N–H and O–H groups in total. The van der Waals surface area contributed by atoms with Crippen LogP contribution in [0.4, 0.5) is 10.1 Å².